The number of rotatable bonds is 6. The van der Waals surface area contributed by atoms with Gasteiger partial charge in [0, 0.05) is 5.92 Å². The van der Waals surface area contributed by atoms with Crippen LogP contribution in [-0.2, 0) is 20.8 Å². The second kappa shape index (κ2) is 6.77. The van der Waals surface area contributed by atoms with E-state index < -0.39 is 37.6 Å². The van der Waals surface area contributed by atoms with E-state index in [0.717, 1.165) is 11.8 Å². The van der Waals surface area contributed by atoms with Gasteiger partial charge in [0.25, 0.3) is 5.88 Å². The number of hydrogen-bond acceptors (Lipinski definition) is 9. The lowest BCUT2D eigenvalue weighted by atomic mass is 10.2. The Bertz CT molecular complexity index is 1030. The number of hydrogen-bond donors (Lipinski definition) is 2. The average molecular weight is 434 g/mol. The van der Waals surface area contributed by atoms with Crippen LogP contribution in [0, 0.1) is 0 Å². The van der Waals surface area contributed by atoms with Crippen LogP contribution < -0.4 is 8.37 Å². The lowest BCUT2D eigenvalue weighted by Crippen LogP contribution is -2.11. The fraction of sp³-hybridized carbons (Fsp3) is 0.400. The summed E-state index contributed by atoms with van der Waals surface area (Å²) in [6.07, 6.45) is 1.63. The molecule has 2 N–H and O–H groups in total. The fourth-order valence-corrected chi connectivity index (χ4v) is 3.49. The first-order valence-electron chi connectivity index (χ1n) is 6.33. The number of halogens is 1. The maximum Gasteiger partial charge on any atom is 0.448 e. The maximum atomic E-state index is 11.1. The highest BCUT2D eigenvalue weighted by atomic mass is 35.5. The van der Waals surface area contributed by atoms with Gasteiger partial charge in [-0.3, -0.25) is 13.5 Å². The Morgan fingerprint density at radius 1 is 1.12 bits per heavy atom. The first-order valence-corrected chi connectivity index (χ1v) is 10.7. The number of imidazole rings is 1. The van der Waals surface area contributed by atoms with Crippen LogP contribution in [0.1, 0.15) is 25.6 Å². The molecule has 2 aromatic heterocycles. The monoisotopic (exact) mass is 433 g/mol. The third kappa shape index (κ3) is 4.45. The van der Waals surface area contributed by atoms with Crippen molar-refractivity contribution in [1.82, 2.24) is 14.4 Å². The first kappa shape index (κ1) is 20.0. The van der Waals surface area contributed by atoms with Crippen molar-refractivity contribution in [1.29, 1.82) is 0 Å². The fourth-order valence-electron chi connectivity index (χ4n) is 1.95. The second-order valence-electron chi connectivity index (χ2n) is 4.85. The first-order chi connectivity index (χ1) is 11.3. The van der Waals surface area contributed by atoms with Crippen molar-refractivity contribution in [2.45, 2.75) is 24.9 Å². The Morgan fingerprint density at radius 2 is 1.68 bits per heavy atom. The van der Waals surface area contributed by atoms with Gasteiger partial charge in [0.1, 0.15) is 5.82 Å². The zero-order chi connectivity index (χ0) is 19.2. The molecule has 2 rings (SSSR count). The Kier molecular flexibility index (Phi) is 5.42. The number of fused-ring (bicyclic) bond motifs is 1. The molecular weight excluding hydrogens is 422 g/mol. The Balaban J connectivity index is 2.99. The van der Waals surface area contributed by atoms with Crippen molar-refractivity contribution in [3.63, 3.8) is 0 Å². The molecule has 25 heavy (non-hydrogen) atoms. The number of nitrogens with zero attached hydrogens (tertiary/aromatic N) is 3. The van der Waals surface area contributed by atoms with E-state index in [1.54, 1.807) is 20.1 Å². The maximum absolute atomic E-state index is 11.1. The molecule has 0 aliphatic carbocycles. The Morgan fingerprint density at radius 3 is 2.12 bits per heavy atom. The predicted octanol–water partition coefficient (Wildman–Crippen LogP) is 1.59. The summed E-state index contributed by atoms with van der Waals surface area (Å²) in [5.74, 6) is -1.47. The summed E-state index contributed by atoms with van der Waals surface area (Å²) >= 11 is 6.99. The Labute approximate surface area is 152 Å². The van der Waals surface area contributed by atoms with Crippen molar-refractivity contribution in [3.05, 3.63) is 11.0 Å². The summed E-state index contributed by atoms with van der Waals surface area (Å²) in [6, 6.07) is 0. The molecule has 0 atom stereocenters. The molecule has 0 saturated heterocycles. The smallest absolute Gasteiger partial charge is 0.356 e. The lowest BCUT2D eigenvalue weighted by molar-refractivity contribution is 0.381. The zero-order valence-corrected chi connectivity index (χ0v) is 16.1. The third-order valence-electron chi connectivity index (χ3n) is 2.73. The highest BCUT2D eigenvalue weighted by Gasteiger charge is 2.29. The van der Waals surface area contributed by atoms with Gasteiger partial charge in [0.15, 0.2) is 15.8 Å². The quantitative estimate of drug-likeness (QED) is 0.295. The molecule has 0 amide bonds. The lowest BCUT2D eigenvalue weighted by Gasteiger charge is -2.11. The minimum Gasteiger partial charge on any atom is -0.356 e. The van der Waals surface area contributed by atoms with Crippen LogP contribution in [0.2, 0.25) is 5.15 Å². The van der Waals surface area contributed by atoms with Crippen molar-refractivity contribution >= 4 is 49.7 Å². The summed E-state index contributed by atoms with van der Waals surface area (Å²) in [7, 11) is -10.0. The molecule has 11 nitrogen and oxygen atoms in total. The van der Waals surface area contributed by atoms with E-state index in [1.807, 2.05) is 0 Å². The van der Waals surface area contributed by atoms with Crippen LogP contribution in [0.4, 0.5) is 0 Å². The molecule has 0 unspecified atom stereocenters. The van der Waals surface area contributed by atoms with Gasteiger partial charge in [0.05, 0.1) is 0 Å². The normalized spacial score (nSPS) is 12.8. The van der Waals surface area contributed by atoms with Crippen molar-refractivity contribution in [2.75, 3.05) is 6.26 Å². The van der Waals surface area contributed by atoms with Crippen LogP contribution in [0.5, 0.6) is 11.6 Å². The summed E-state index contributed by atoms with van der Waals surface area (Å²) in [5.41, 5.74) is -0.344. The highest BCUT2D eigenvalue weighted by Crippen LogP contribution is 2.40. The molecule has 140 valence electrons. The molecule has 0 saturated carbocycles. The van der Waals surface area contributed by atoms with Crippen LogP contribution >= 0.6 is 23.4 Å². The van der Waals surface area contributed by atoms with Gasteiger partial charge < -0.3 is 8.37 Å². The Hall–Kier alpha value is -1.32. The van der Waals surface area contributed by atoms with E-state index in [4.69, 9.17) is 20.7 Å². The number of thioether (sulfide) groups is 1. The van der Waals surface area contributed by atoms with Crippen LogP contribution in [0.15, 0.2) is 5.16 Å². The molecule has 2 heterocycles. The number of aromatic nitrogens is 3. The van der Waals surface area contributed by atoms with Crippen molar-refractivity contribution in [2.24, 2.45) is 0 Å². The van der Waals surface area contributed by atoms with E-state index in [9.17, 15) is 16.8 Å². The average Bonchev–Trinajstić information content (AvgIpc) is 2.78. The van der Waals surface area contributed by atoms with Gasteiger partial charge in [-0.2, -0.15) is 21.8 Å². The molecule has 0 radical (unpaired) electrons. The molecule has 15 heteroatoms. The van der Waals surface area contributed by atoms with Crippen molar-refractivity contribution < 1.29 is 34.3 Å². The van der Waals surface area contributed by atoms with E-state index in [1.165, 1.54) is 4.40 Å². The second-order valence-corrected chi connectivity index (χ2v) is 8.03. The largest absolute Gasteiger partial charge is 0.448 e. The SMILES string of the molecule is CSc1nc(Cl)c(OS(=O)(=O)O)c2c(OS(=O)(=O)O)nc(C(C)C)n12. The van der Waals surface area contributed by atoms with Gasteiger partial charge in [0.2, 0.25) is 5.75 Å². The molecule has 0 aliphatic rings. The van der Waals surface area contributed by atoms with Crippen LogP contribution in [0.3, 0.4) is 0 Å². The molecule has 0 spiro atoms. The van der Waals surface area contributed by atoms with Gasteiger partial charge >= 0.3 is 20.8 Å². The van der Waals surface area contributed by atoms with Gasteiger partial charge in [-0.25, -0.2) is 4.98 Å². The predicted molar refractivity (Wildman–Crippen MR) is 88.2 cm³/mol. The van der Waals surface area contributed by atoms with E-state index in [0.29, 0.717) is 0 Å². The molecule has 2 aromatic rings. The van der Waals surface area contributed by atoms with E-state index in [-0.39, 0.29) is 22.4 Å². The standard InChI is InChI=1S/C10H12ClN3O8S3/c1-4(2)8-13-9(22-25(18,19)20)5-6(21-24(15,16)17)7(11)12-10(23-3)14(5)8/h4H,1-3H3,(H,15,16,17)(H,18,19,20). The molecule has 0 aliphatic heterocycles. The molecule has 0 bridgehead atoms. The zero-order valence-electron chi connectivity index (χ0n) is 12.9. The van der Waals surface area contributed by atoms with E-state index >= 15 is 0 Å². The highest BCUT2D eigenvalue weighted by molar-refractivity contribution is 7.98. The summed E-state index contributed by atoms with van der Waals surface area (Å²) in [5, 5.41) is -0.283. The molecular formula is C10H12ClN3O8S3. The minimum atomic E-state index is -5.02. The minimum absolute atomic E-state index is 0.212. The van der Waals surface area contributed by atoms with Crippen LogP contribution in [0.25, 0.3) is 5.52 Å². The summed E-state index contributed by atoms with van der Waals surface area (Å²) in [6.45, 7) is 3.43. The van der Waals surface area contributed by atoms with Gasteiger partial charge in [-0.15, -0.1) is 0 Å². The topological polar surface area (TPSA) is 157 Å². The van der Waals surface area contributed by atoms with Crippen LogP contribution in [-0.4, -0.2) is 46.6 Å². The summed E-state index contributed by atoms with van der Waals surface area (Å²) < 4.78 is 72.3. The van der Waals surface area contributed by atoms with Gasteiger partial charge in [-0.1, -0.05) is 37.2 Å². The van der Waals surface area contributed by atoms with E-state index in [2.05, 4.69) is 18.3 Å². The molecule has 0 fully saturated rings. The molecule has 0 aromatic carbocycles. The third-order valence-corrected chi connectivity index (χ3v) is 4.37. The summed E-state index contributed by atoms with van der Waals surface area (Å²) in [4.78, 5) is 7.89. The van der Waals surface area contributed by atoms with Crippen molar-refractivity contribution in [3.8, 4) is 11.6 Å². The van der Waals surface area contributed by atoms with Gasteiger partial charge in [-0.05, 0) is 6.26 Å².